The summed E-state index contributed by atoms with van der Waals surface area (Å²) in [5.41, 5.74) is -0.292. The molecule has 41 heavy (non-hydrogen) atoms. The van der Waals surface area contributed by atoms with E-state index in [9.17, 15) is 19.2 Å². The molecular formula is C30H38N4O7. The highest BCUT2D eigenvalue weighted by Gasteiger charge is 2.58. The molecule has 2 saturated heterocycles. The Balaban J connectivity index is 1.51. The predicted molar refractivity (Wildman–Crippen MR) is 150 cm³/mol. The van der Waals surface area contributed by atoms with Gasteiger partial charge >= 0.3 is 12.2 Å². The Morgan fingerprint density at radius 3 is 2.12 bits per heavy atom. The zero-order valence-electron chi connectivity index (χ0n) is 23.9. The van der Waals surface area contributed by atoms with Gasteiger partial charge in [0.15, 0.2) is 5.54 Å². The molecule has 0 radical (unpaired) electrons. The fourth-order valence-electron chi connectivity index (χ4n) is 4.77. The Bertz CT molecular complexity index is 1230. The lowest BCUT2D eigenvalue weighted by molar-refractivity contribution is -0.164. The third kappa shape index (κ3) is 7.35. The summed E-state index contributed by atoms with van der Waals surface area (Å²) in [6.07, 6.45) is -2.11. The highest BCUT2D eigenvalue weighted by Crippen LogP contribution is 2.29. The average Bonchev–Trinajstić information content (AvgIpc) is 2.96. The van der Waals surface area contributed by atoms with E-state index in [1.807, 2.05) is 60.7 Å². The molecule has 2 fully saturated rings. The van der Waals surface area contributed by atoms with Crippen molar-refractivity contribution >= 4 is 24.0 Å². The number of ether oxygens (including phenoxy) is 3. The zero-order chi connectivity index (χ0) is 29.6. The number of benzene rings is 2. The van der Waals surface area contributed by atoms with Crippen molar-refractivity contribution in [3.63, 3.8) is 0 Å². The fourth-order valence-corrected chi connectivity index (χ4v) is 4.77. The minimum atomic E-state index is -1.28. The van der Waals surface area contributed by atoms with Gasteiger partial charge < -0.3 is 34.6 Å². The summed E-state index contributed by atoms with van der Waals surface area (Å²) in [7, 11) is 0. The molecule has 2 N–H and O–H groups in total. The second-order valence-electron chi connectivity index (χ2n) is 11.3. The largest absolute Gasteiger partial charge is 0.445 e. The number of rotatable bonds is 8. The topological polar surface area (TPSA) is 127 Å². The zero-order valence-corrected chi connectivity index (χ0v) is 23.9. The second kappa shape index (κ2) is 12.6. The molecule has 0 aromatic heterocycles. The maximum Gasteiger partial charge on any atom is 0.410 e. The van der Waals surface area contributed by atoms with Crippen LogP contribution in [0.5, 0.6) is 0 Å². The summed E-state index contributed by atoms with van der Waals surface area (Å²) in [6.45, 7) is 7.60. The quantitative estimate of drug-likeness (QED) is 0.471. The SMILES string of the molecule is CC(OCc1ccccc1)[C@H](NC(=O)OCc1ccccc1)C(=O)N1CCN(C(=O)OC(C)(C)C)CC12CNC2=O. The fraction of sp³-hybridized carbons (Fsp3) is 0.467. The van der Waals surface area contributed by atoms with Crippen LogP contribution in [0, 0.1) is 0 Å². The molecule has 1 spiro atoms. The van der Waals surface area contributed by atoms with E-state index < -0.39 is 41.4 Å². The Kier molecular flexibility index (Phi) is 9.17. The van der Waals surface area contributed by atoms with Gasteiger partial charge in [-0.25, -0.2) is 9.59 Å². The van der Waals surface area contributed by atoms with E-state index in [2.05, 4.69) is 10.6 Å². The number of alkyl carbamates (subject to hydrolysis) is 1. The van der Waals surface area contributed by atoms with Crippen molar-refractivity contribution in [3.8, 4) is 0 Å². The van der Waals surface area contributed by atoms with E-state index in [-0.39, 0.29) is 45.3 Å². The van der Waals surface area contributed by atoms with Crippen molar-refractivity contribution in [2.24, 2.45) is 0 Å². The van der Waals surface area contributed by atoms with Crippen LogP contribution in [0.3, 0.4) is 0 Å². The molecule has 2 aromatic carbocycles. The number of hydrogen-bond acceptors (Lipinski definition) is 7. The summed E-state index contributed by atoms with van der Waals surface area (Å²) in [4.78, 5) is 55.6. The molecule has 0 saturated carbocycles. The van der Waals surface area contributed by atoms with Crippen molar-refractivity contribution in [2.45, 2.75) is 64.2 Å². The van der Waals surface area contributed by atoms with Gasteiger partial charge in [0.05, 0.1) is 25.8 Å². The first kappa shape index (κ1) is 29.9. The summed E-state index contributed by atoms with van der Waals surface area (Å²) >= 11 is 0. The number of piperazine rings is 1. The first-order chi connectivity index (χ1) is 19.5. The molecule has 2 unspecified atom stereocenters. The van der Waals surface area contributed by atoms with Gasteiger partial charge in [0.1, 0.15) is 18.2 Å². The molecule has 2 aliphatic rings. The van der Waals surface area contributed by atoms with Crippen LogP contribution in [0.4, 0.5) is 9.59 Å². The minimum absolute atomic E-state index is 0.0216. The van der Waals surface area contributed by atoms with Crippen molar-refractivity contribution in [2.75, 3.05) is 26.2 Å². The normalized spacial score (nSPS) is 20.0. The Hall–Kier alpha value is -4.12. The Labute approximate surface area is 240 Å². The molecule has 3 atom stereocenters. The Morgan fingerprint density at radius 1 is 0.976 bits per heavy atom. The molecule has 220 valence electrons. The van der Waals surface area contributed by atoms with E-state index in [0.29, 0.717) is 0 Å². The van der Waals surface area contributed by atoms with Crippen LogP contribution < -0.4 is 10.6 Å². The number of amides is 4. The lowest BCUT2D eigenvalue weighted by Gasteiger charge is -2.54. The van der Waals surface area contributed by atoms with E-state index in [1.54, 1.807) is 27.7 Å². The van der Waals surface area contributed by atoms with E-state index in [0.717, 1.165) is 11.1 Å². The highest BCUT2D eigenvalue weighted by molar-refractivity contribution is 5.99. The maximum atomic E-state index is 14.1. The minimum Gasteiger partial charge on any atom is -0.445 e. The molecular weight excluding hydrogens is 528 g/mol. The van der Waals surface area contributed by atoms with E-state index in [4.69, 9.17) is 14.2 Å². The van der Waals surface area contributed by atoms with Crippen LogP contribution in [0.15, 0.2) is 60.7 Å². The molecule has 2 aromatic rings. The Morgan fingerprint density at radius 2 is 1.59 bits per heavy atom. The molecule has 11 heteroatoms. The summed E-state index contributed by atoms with van der Waals surface area (Å²) < 4.78 is 16.9. The van der Waals surface area contributed by atoms with Crippen LogP contribution in [0.1, 0.15) is 38.8 Å². The van der Waals surface area contributed by atoms with Crippen molar-refractivity contribution in [1.82, 2.24) is 20.4 Å². The summed E-state index contributed by atoms with van der Waals surface area (Å²) in [5.74, 6) is -0.872. The van der Waals surface area contributed by atoms with Gasteiger partial charge in [-0.3, -0.25) is 9.59 Å². The van der Waals surface area contributed by atoms with E-state index in [1.165, 1.54) is 9.80 Å². The van der Waals surface area contributed by atoms with Crippen molar-refractivity contribution in [1.29, 1.82) is 0 Å². The van der Waals surface area contributed by atoms with Crippen LogP contribution in [0.2, 0.25) is 0 Å². The molecule has 2 aliphatic heterocycles. The number of nitrogens with zero attached hydrogens (tertiary/aromatic N) is 2. The van der Waals surface area contributed by atoms with Crippen molar-refractivity contribution in [3.05, 3.63) is 71.8 Å². The van der Waals surface area contributed by atoms with Gasteiger partial charge in [-0.2, -0.15) is 0 Å². The van der Waals surface area contributed by atoms with Gasteiger partial charge in [0.25, 0.3) is 0 Å². The monoisotopic (exact) mass is 566 g/mol. The van der Waals surface area contributed by atoms with Gasteiger partial charge in [0, 0.05) is 13.1 Å². The van der Waals surface area contributed by atoms with Gasteiger partial charge in [-0.05, 0) is 38.8 Å². The molecule has 0 aliphatic carbocycles. The van der Waals surface area contributed by atoms with Crippen LogP contribution in [-0.2, 0) is 37.0 Å². The molecule has 11 nitrogen and oxygen atoms in total. The van der Waals surface area contributed by atoms with E-state index >= 15 is 0 Å². The second-order valence-corrected chi connectivity index (χ2v) is 11.3. The number of hydrogen-bond donors (Lipinski definition) is 2. The van der Waals surface area contributed by atoms with Crippen LogP contribution in [0.25, 0.3) is 0 Å². The molecule has 4 rings (SSSR count). The number of nitrogens with one attached hydrogen (secondary N) is 2. The lowest BCUT2D eigenvalue weighted by atomic mass is 9.85. The maximum absolute atomic E-state index is 14.1. The lowest BCUT2D eigenvalue weighted by Crippen LogP contribution is -2.81. The average molecular weight is 567 g/mol. The predicted octanol–water partition coefficient (Wildman–Crippen LogP) is 2.83. The standard InChI is InChI=1S/C30H38N4O7/c1-21(39-17-22-11-7-5-8-12-22)24(32-27(37)40-18-23-13-9-6-10-14-23)25(35)34-16-15-33(28(38)41-29(2,3)4)20-30(34)19-31-26(30)36/h5-14,21,24H,15-20H2,1-4H3,(H,31,36)(H,32,37)/t21?,24-,30?/m0/s1. The first-order valence-electron chi connectivity index (χ1n) is 13.7. The molecule has 0 bridgehead atoms. The van der Waals surface area contributed by atoms with Gasteiger partial charge in [-0.1, -0.05) is 60.7 Å². The smallest absolute Gasteiger partial charge is 0.410 e. The molecule has 2 heterocycles. The number of carbonyl (C=O) groups is 4. The van der Waals surface area contributed by atoms with Crippen LogP contribution >= 0.6 is 0 Å². The van der Waals surface area contributed by atoms with Crippen LogP contribution in [-0.4, -0.2) is 83.3 Å². The number of β-lactam (4-membered cyclic amide) rings is 1. The summed E-state index contributed by atoms with van der Waals surface area (Å²) in [6, 6.07) is 17.5. The van der Waals surface area contributed by atoms with Gasteiger partial charge in [0.2, 0.25) is 11.8 Å². The molecule has 4 amide bonds. The van der Waals surface area contributed by atoms with Gasteiger partial charge in [-0.15, -0.1) is 0 Å². The third-order valence-electron chi connectivity index (χ3n) is 7.02. The third-order valence-corrected chi connectivity index (χ3v) is 7.02. The number of carbonyl (C=O) groups excluding carboxylic acids is 4. The summed E-state index contributed by atoms with van der Waals surface area (Å²) in [5, 5.41) is 5.37. The van der Waals surface area contributed by atoms with Crippen molar-refractivity contribution < 1.29 is 33.4 Å². The highest BCUT2D eigenvalue weighted by atomic mass is 16.6. The first-order valence-corrected chi connectivity index (χ1v) is 13.7.